The van der Waals surface area contributed by atoms with Gasteiger partial charge in [-0.2, -0.15) is 0 Å². The second-order valence-electron chi connectivity index (χ2n) is 5.73. The molecule has 0 radical (unpaired) electrons. The van der Waals surface area contributed by atoms with Gasteiger partial charge in [-0.05, 0) is 25.7 Å². The molecule has 2 heterocycles. The summed E-state index contributed by atoms with van der Waals surface area (Å²) in [4.78, 5) is 27.2. The van der Waals surface area contributed by atoms with E-state index in [1.54, 1.807) is 9.80 Å². The van der Waals surface area contributed by atoms with Gasteiger partial charge in [0, 0.05) is 26.2 Å². The Balaban J connectivity index is 2.00. The van der Waals surface area contributed by atoms with Crippen molar-refractivity contribution in [3.8, 4) is 0 Å². The van der Waals surface area contributed by atoms with E-state index in [1.165, 1.54) is 0 Å². The number of nitrogens with zero attached hydrogens (tertiary/aromatic N) is 2. The lowest BCUT2D eigenvalue weighted by Gasteiger charge is -2.37. The molecule has 2 aliphatic rings. The molecule has 0 aromatic rings. The van der Waals surface area contributed by atoms with Crippen LogP contribution in [0.25, 0.3) is 0 Å². The highest BCUT2D eigenvalue weighted by Gasteiger charge is 2.40. The Morgan fingerprint density at radius 2 is 1.95 bits per heavy atom. The lowest BCUT2D eigenvalue weighted by atomic mass is 9.98. The molecule has 2 aliphatic heterocycles. The van der Waals surface area contributed by atoms with E-state index in [-0.39, 0.29) is 31.8 Å². The minimum absolute atomic E-state index is 0.115. The fraction of sp³-hybridized carbons (Fsp3) is 0.857. The number of carbonyl (C=O) groups is 2. The largest absolute Gasteiger partial charge is 0.481 e. The molecule has 0 aromatic carbocycles. The van der Waals surface area contributed by atoms with Crippen molar-refractivity contribution in [3.05, 3.63) is 0 Å². The van der Waals surface area contributed by atoms with Gasteiger partial charge in [-0.3, -0.25) is 4.79 Å². The monoisotopic (exact) mass is 300 g/mol. The Kier molecular flexibility index (Phi) is 5.41. The van der Waals surface area contributed by atoms with E-state index in [0.29, 0.717) is 19.6 Å². The zero-order valence-electron chi connectivity index (χ0n) is 12.4. The molecule has 0 bridgehead atoms. The van der Waals surface area contributed by atoms with Crippen molar-refractivity contribution in [2.45, 2.75) is 25.8 Å². The first-order valence-corrected chi connectivity index (χ1v) is 7.55. The molecule has 2 amide bonds. The average Bonchev–Trinajstić information content (AvgIpc) is 2.97. The Morgan fingerprint density at radius 3 is 2.48 bits per heavy atom. The summed E-state index contributed by atoms with van der Waals surface area (Å²) in [5, 5.41) is 18.4. The normalized spacial score (nSPS) is 26.9. The van der Waals surface area contributed by atoms with Gasteiger partial charge in [0.15, 0.2) is 0 Å². The van der Waals surface area contributed by atoms with Crippen molar-refractivity contribution < 1.29 is 24.5 Å². The maximum atomic E-state index is 12.6. The van der Waals surface area contributed by atoms with Gasteiger partial charge in [0.2, 0.25) is 0 Å². The van der Waals surface area contributed by atoms with E-state index >= 15 is 0 Å². The molecule has 2 atom stereocenters. The molecule has 0 aliphatic carbocycles. The van der Waals surface area contributed by atoms with Crippen LogP contribution >= 0.6 is 0 Å². The number of hydrogen-bond acceptors (Lipinski definition) is 4. The molecular formula is C14H24N2O5. The number of aliphatic carboxylic acids is 1. The number of likely N-dealkylation sites (N-methyl/N-ethyl adjacent to an activating group) is 1. The third-order valence-electron chi connectivity index (χ3n) is 4.50. The van der Waals surface area contributed by atoms with Crippen molar-refractivity contribution in [2.75, 3.05) is 39.5 Å². The van der Waals surface area contributed by atoms with Gasteiger partial charge in [0.1, 0.15) is 5.92 Å². The number of aliphatic hydroxyl groups is 1. The van der Waals surface area contributed by atoms with E-state index < -0.39 is 17.9 Å². The van der Waals surface area contributed by atoms with Gasteiger partial charge in [0.25, 0.3) is 0 Å². The third-order valence-corrected chi connectivity index (χ3v) is 4.50. The number of carboxylic acid groups (broad SMARTS) is 1. The fourth-order valence-electron chi connectivity index (χ4n) is 3.09. The minimum atomic E-state index is -0.914. The topological polar surface area (TPSA) is 90.3 Å². The lowest BCUT2D eigenvalue weighted by Crippen LogP contribution is -2.53. The van der Waals surface area contributed by atoms with Gasteiger partial charge < -0.3 is 24.7 Å². The molecule has 0 saturated carbocycles. The number of carbonyl (C=O) groups excluding carboxylic acids is 1. The quantitative estimate of drug-likeness (QED) is 0.776. The third kappa shape index (κ3) is 3.47. The second kappa shape index (κ2) is 7.09. The number of piperidine rings is 1. The van der Waals surface area contributed by atoms with Crippen LogP contribution in [-0.2, 0) is 9.53 Å². The molecule has 2 rings (SSSR count). The predicted molar refractivity (Wildman–Crippen MR) is 74.9 cm³/mol. The molecule has 2 saturated heterocycles. The number of urea groups is 1. The van der Waals surface area contributed by atoms with Crippen LogP contribution in [0.4, 0.5) is 4.79 Å². The first kappa shape index (κ1) is 16.0. The maximum absolute atomic E-state index is 12.6. The standard InChI is InChI=1S/C14H24N2O5/c1-2-16(12-9-21-8-11(12)13(18)19)14(20)15-5-3-10(7-17)4-6-15/h10-12,17H,2-9H2,1H3,(H,18,19). The zero-order valence-corrected chi connectivity index (χ0v) is 12.4. The molecule has 7 nitrogen and oxygen atoms in total. The molecule has 0 aromatic heterocycles. The number of likely N-dealkylation sites (tertiary alicyclic amines) is 1. The van der Waals surface area contributed by atoms with Crippen LogP contribution in [-0.4, -0.2) is 77.5 Å². The molecule has 2 unspecified atom stereocenters. The van der Waals surface area contributed by atoms with Gasteiger partial charge in [-0.25, -0.2) is 4.79 Å². The summed E-state index contributed by atoms with van der Waals surface area (Å²) < 4.78 is 5.26. The highest BCUT2D eigenvalue weighted by atomic mass is 16.5. The summed E-state index contributed by atoms with van der Waals surface area (Å²) in [6, 6.07) is -0.508. The zero-order chi connectivity index (χ0) is 15.4. The van der Waals surface area contributed by atoms with Gasteiger partial charge in [-0.15, -0.1) is 0 Å². The number of ether oxygens (including phenoxy) is 1. The Morgan fingerprint density at radius 1 is 1.29 bits per heavy atom. The van der Waals surface area contributed by atoms with Crippen molar-refractivity contribution in [3.63, 3.8) is 0 Å². The SMILES string of the molecule is CCN(C(=O)N1CCC(CO)CC1)C1COCC1C(=O)O. The van der Waals surface area contributed by atoms with Crippen LogP contribution in [0.5, 0.6) is 0 Å². The van der Waals surface area contributed by atoms with E-state index in [0.717, 1.165) is 12.8 Å². The predicted octanol–water partition coefficient (Wildman–Crippen LogP) is 0.232. The molecule has 0 spiro atoms. The van der Waals surface area contributed by atoms with Gasteiger partial charge in [0.05, 0.1) is 19.3 Å². The van der Waals surface area contributed by atoms with Crippen LogP contribution in [0.15, 0.2) is 0 Å². The fourth-order valence-corrected chi connectivity index (χ4v) is 3.09. The summed E-state index contributed by atoms with van der Waals surface area (Å²) in [6.45, 7) is 4.17. The maximum Gasteiger partial charge on any atom is 0.320 e. The number of rotatable bonds is 4. The van der Waals surface area contributed by atoms with Crippen molar-refractivity contribution in [1.82, 2.24) is 9.80 Å². The second-order valence-corrected chi connectivity index (χ2v) is 5.73. The van der Waals surface area contributed by atoms with Crippen LogP contribution in [0.3, 0.4) is 0 Å². The summed E-state index contributed by atoms with van der Waals surface area (Å²) in [5.74, 6) is -1.29. The Hall–Kier alpha value is -1.34. The number of carboxylic acids is 1. The summed E-state index contributed by atoms with van der Waals surface area (Å²) in [6.07, 6.45) is 1.59. The molecule has 2 N–H and O–H groups in total. The minimum Gasteiger partial charge on any atom is -0.481 e. The van der Waals surface area contributed by atoms with Crippen LogP contribution in [0.1, 0.15) is 19.8 Å². The lowest BCUT2D eigenvalue weighted by molar-refractivity contribution is -0.142. The highest BCUT2D eigenvalue weighted by molar-refractivity contribution is 5.77. The molecule has 2 fully saturated rings. The van der Waals surface area contributed by atoms with Crippen LogP contribution in [0, 0.1) is 11.8 Å². The number of hydrogen-bond donors (Lipinski definition) is 2. The number of aliphatic hydroxyl groups excluding tert-OH is 1. The summed E-state index contributed by atoms with van der Waals surface area (Å²) >= 11 is 0. The number of amides is 2. The van der Waals surface area contributed by atoms with E-state index in [2.05, 4.69) is 0 Å². The first-order chi connectivity index (χ1) is 10.1. The van der Waals surface area contributed by atoms with Crippen molar-refractivity contribution >= 4 is 12.0 Å². The summed E-state index contributed by atoms with van der Waals surface area (Å²) in [7, 11) is 0. The van der Waals surface area contributed by atoms with Crippen LogP contribution < -0.4 is 0 Å². The molecule has 21 heavy (non-hydrogen) atoms. The molecule has 120 valence electrons. The van der Waals surface area contributed by atoms with E-state index in [9.17, 15) is 14.7 Å². The van der Waals surface area contributed by atoms with Crippen molar-refractivity contribution in [1.29, 1.82) is 0 Å². The molecule has 7 heteroatoms. The van der Waals surface area contributed by atoms with Gasteiger partial charge in [-0.1, -0.05) is 0 Å². The van der Waals surface area contributed by atoms with Gasteiger partial charge >= 0.3 is 12.0 Å². The van der Waals surface area contributed by atoms with Crippen LogP contribution in [0.2, 0.25) is 0 Å². The van der Waals surface area contributed by atoms with Crippen molar-refractivity contribution in [2.24, 2.45) is 11.8 Å². The Labute approximate surface area is 124 Å². The smallest absolute Gasteiger partial charge is 0.320 e. The van der Waals surface area contributed by atoms with E-state index in [4.69, 9.17) is 9.84 Å². The van der Waals surface area contributed by atoms with E-state index in [1.807, 2.05) is 6.92 Å². The summed E-state index contributed by atoms with van der Waals surface area (Å²) in [5.41, 5.74) is 0. The average molecular weight is 300 g/mol. The molecular weight excluding hydrogens is 276 g/mol. The highest BCUT2D eigenvalue weighted by Crippen LogP contribution is 2.23. The Bertz CT molecular complexity index is 382. The first-order valence-electron chi connectivity index (χ1n) is 7.55.